The van der Waals surface area contributed by atoms with Gasteiger partial charge in [-0.05, 0) is 51.2 Å². The van der Waals surface area contributed by atoms with Gasteiger partial charge in [0, 0.05) is 12.0 Å². The Hall–Kier alpha value is -1.15. The van der Waals surface area contributed by atoms with Crippen LogP contribution >= 0.6 is 0 Å². The molecular formula is C19H29NO. The van der Waals surface area contributed by atoms with Gasteiger partial charge >= 0.3 is 0 Å². The van der Waals surface area contributed by atoms with Crippen LogP contribution in [0.2, 0.25) is 0 Å². The van der Waals surface area contributed by atoms with E-state index in [-0.39, 0.29) is 5.78 Å². The largest absolute Gasteiger partial charge is 0.303 e. The van der Waals surface area contributed by atoms with Crippen molar-refractivity contribution in [3.8, 4) is 0 Å². The van der Waals surface area contributed by atoms with E-state index in [0.29, 0.717) is 6.42 Å². The third-order valence-corrected chi connectivity index (χ3v) is 4.61. The predicted octanol–water partition coefficient (Wildman–Crippen LogP) is 4.55. The molecule has 0 bridgehead atoms. The fraction of sp³-hybridized carbons (Fsp3) is 0.632. The van der Waals surface area contributed by atoms with Crippen LogP contribution < -0.4 is 0 Å². The number of likely N-dealkylation sites (tertiary alicyclic amines) is 1. The van der Waals surface area contributed by atoms with Crippen molar-refractivity contribution in [2.75, 3.05) is 19.6 Å². The average Bonchev–Trinajstić information content (AvgIpc) is 2.74. The van der Waals surface area contributed by atoms with Gasteiger partial charge in [-0.3, -0.25) is 4.79 Å². The van der Waals surface area contributed by atoms with Gasteiger partial charge in [0.15, 0.2) is 5.78 Å². The summed E-state index contributed by atoms with van der Waals surface area (Å²) in [6, 6.07) is 9.68. The summed E-state index contributed by atoms with van der Waals surface area (Å²) in [6.45, 7) is 5.82. The molecule has 2 nitrogen and oxygen atoms in total. The third kappa shape index (κ3) is 5.62. The minimum Gasteiger partial charge on any atom is -0.303 e. The maximum atomic E-state index is 12.1. The maximum Gasteiger partial charge on any atom is 0.162 e. The highest BCUT2D eigenvalue weighted by atomic mass is 16.1. The molecule has 1 saturated heterocycles. The lowest BCUT2D eigenvalue weighted by Crippen LogP contribution is -2.26. The van der Waals surface area contributed by atoms with Gasteiger partial charge in [-0.2, -0.15) is 0 Å². The van der Waals surface area contributed by atoms with Crippen molar-refractivity contribution in [2.24, 2.45) is 5.92 Å². The number of ketones is 1. The molecule has 0 radical (unpaired) electrons. The summed E-state index contributed by atoms with van der Waals surface area (Å²) < 4.78 is 0. The van der Waals surface area contributed by atoms with E-state index >= 15 is 0 Å². The van der Waals surface area contributed by atoms with Gasteiger partial charge in [0.2, 0.25) is 0 Å². The van der Waals surface area contributed by atoms with Crippen LogP contribution in [0.4, 0.5) is 0 Å². The molecule has 1 aromatic rings. The number of benzene rings is 1. The summed E-state index contributed by atoms with van der Waals surface area (Å²) in [5.74, 6) is 1.22. The highest BCUT2D eigenvalue weighted by molar-refractivity contribution is 5.95. The molecule has 1 unspecified atom stereocenters. The van der Waals surface area contributed by atoms with Crippen LogP contribution in [0, 0.1) is 5.92 Å². The van der Waals surface area contributed by atoms with Crippen molar-refractivity contribution in [1.82, 2.24) is 4.90 Å². The number of carbonyl (C=O) groups excluding carboxylic acids is 1. The van der Waals surface area contributed by atoms with Gasteiger partial charge < -0.3 is 4.90 Å². The second kappa shape index (κ2) is 8.99. The van der Waals surface area contributed by atoms with Crippen LogP contribution in [0.3, 0.4) is 0 Å². The van der Waals surface area contributed by atoms with Gasteiger partial charge in [0.05, 0.1) is 0 Å². The number of Topliss-reactive ketones (excluding diaryl/α,β-unsaturated/α-hetero) is 1. The van der Waals surface area contributed by atoms with Crippen molar-refractivity contribution in [2.45, 2.75) is 51.9 Å². The van der Waals surface area contributed by atoms with E-state index in [1.165, 1.54) is 45.2 Å². The first kappa shape index (κ1) is 16.2. The Morgan fingerprint density at radius 2 is 2.00 bits per heavy atom. The highest BCUT2D eigenvalue weighted by Gasteiger charge is 2.16. The number of hydrogen-bond acceptors (Lipinski definition) is 2. The Morgan fingerprint density at radius 1 is 1.19 bits per heavy atom. The number of rotatable bonds is 7. The molecule has 1 aliphatic rings. The van der Waals surface area contributed by atoms with E-state index in [4.69, 9.17) is 0 Å². The molecule has 0 spiro atoms. The molecule has 21 heavy (non-hydrogen) atoms. The van der Waals surface area contributed by atoms with Gasteiger partial charge in [-0.25, -0.2) is 0 Å². The Labute approximate surface area is 129 Å². The lowest BCUT2D eigenvalue weighted by atomic mass is 9.96. The van der Waals surface area contributed by atoms with Gasteiger partial charge in [0.1, 0.15) is 0 Å². The maximum absolute atomic E-state index is 12.1. The van der Waals surface area contributed by atoms with Crippen molar-refractivity contribution < 1.29 is 4.79 Å². The second-order valence-electron chi connectivity index (χ2n) is 6.32. The zero-order chi connectivity index (χ0) is 14.9. The van der Waals surface area contributed by atoms with Crippen molar-refractivity contribution >= 4 is 5.78 Å². The minimum atomic E-state index is 0.286. The van der Waals surface area contributed by atoms with Gasteiger partial charge in [-0.15, -0.1) is 0 Å². The van der Waals surface area contributed by atoms with Crippen molar-refractivity contribution in [3.05, 3.63) is 35.9 Å². The fourth-order valence-electron chi connectivity index (χ4n) is 3.38. The molecule has 0 aliphatic carbocycles. The molecule has 1 atom stereocenters. The molecule has 2 heteroatoms. The van der Waals surface area contributed by atoms with E-state index in [1.54, 1.807) is 0 Å². The Balaban J connectivity index is 1.68. The molecule has 1 aliphatic heterocycles. The number of hydrogen-bond donors (Lipinski definition) is 0. The summed E-state index contributed by atoms with van der Waals surface area (Å²) in [7, 11) is 0. The van der Waals surface area contributed by atoms with Crippen LogP contribution in [0.1, 0.15) is 62.2 Å². The fourth-order valence-corrected chi connectivity index (χ4v) is 3.38. The van der Waals surface area contributed by atoms with E-state index < -0.39 is 0 Å². The average molecular weight is 287 g/mol. The van der Waals surface area contributed by atoms with Gasteiger partial charge in [0.25, 0.3) is 0 Å². The minimum absolute atomic E-state index is 0.286. The lowest BCUT2D eigenvalue weighted by Gasteiger charge is -2.19. The normalized spacial score (nSPS) is 20.1. The summed E-state index contributed by atoms with van der Waals surface area (Å²) in [5, 5.41) is 0. The zero-order valence-electron chi connectivity index (χ0n) is 13.4. The van der Waals surface area contributed by atoms with E-state index in [0.717, 1.165) is 24.4 Å². The van der Waals surface area contributed by atoms with E-state index in [2.05, 4.69) is 11.8 Å². The molecule has 2 rings (SSSR count). The topological polar surface area (TPSA) is 20.3 Å². The van der Waals surface area contributed by atoms with Crippen molar-refractivity contribution in [3.63, 3.8) is 0 Å². The van der Waals surface area contributed by atoms with Crippen molar-refractivity contribution in [1.29, 1.82) is 0 Å². The van der Waals surface area contributed by atoms with Gasteiger partial charge in [-0.1, -0.05) is 50.1 Å². The highest BCUT2D eigenvalue weighted by Crippen LogP contribution is 2.22. The Morgan fingerprint density at radius 3 is 2.76 bits per heavy atom. The quantitative estimate of drug-likeness (QED) is 0.686. The monoisotopic (exact) mass is 287 g/mol. The van der Waals surface area contributed by atoms with Crippen LogP contribution in [-0.4, -0.2) is 30.3 Å². The zero-order valence-corrected chi connectivity index (χ0v) is 13.4. The first-order valence-electron chi connectivity index (χ1n) is 8.60. The first-order valence-corrected chi connectivity index (χ1v) is 8.60. The van der Waals surface area contributed by atoms with Crippen LogP contribution in [0.5, 0.6) is 0 Å². The molecule has 0 N–H and O–H groups in total. The standard InChI is InChI=1S/C19H29NO/c1-2-8-17-9-6-14-20(16-13-17)15-7-12-19(21)18-10-4-3-5-11-18/h3-5,10-11,17H,2,6-9,12-16H2,1H3. The summed E-state index contributed by atoms with van der Waals surface area (Å²) in [5.41, 5.74) is 0.858. The summed E-state index contributed by atoms with van der Waals surface area (Å²) in [6.07, 6.45) is 8.45. The molecule has 0 aromatic heterocycles. The SMILES string of the molecule is CCCC1CCCN(CCCC(=O)c2ccccc2)CC1. The summed E-state index contributed by atoms with van der Waals surface area (Å²) >= 11 is 0. The molecule has 1 aromatic carbocycles. The molecule has 0 amide bonds. The molecule has 1 heterocycles. The first-order chi connectivity index (χ1) is 10.3. The van der Waals surface area contributed by atoms with E-state index in [9.17, 15) is 4.79 Å². The smallest absolute Gasteiger partial charge is 0.162 e. The lowest BCUT2D eigenvalue weighted by molar-refractivity contribution is 0.0975. The molecule has 1 fully saturated rings. The van der Waals surface area contributed by atoms with Crippen LogP contribution in [-0.2, 0) is 0 Å². The third-order valence-electron chi connectivity index (χ3n) is 4.61. The number of carbonyl (C=O) groups is 1. The number of nitrogens with zero attached hydrogens (tertiary/aromatic N) is 1. The second-order valence-corrected chi connectivity index (χ2v) is 6.32. The Kier molecular flexibility index (Phi) is 6.94. The molecular weight excluding hydrogens is 258 g/mol. The van der Waals surface area contributed by atoms with Crippen LogP contribution in [0.15, 0.2) is 30.3 Å². The van der Waals surface area contributed by atoms with E-state index in [1.807, 2.05) is 30.3 Å². The molecule has 116 valence electrons. The predicted molar refractivity (Wildman–Crippen MR) is 88.7 cm³/mol. The molecule has 0 saturated carbocycles. The van der Waals surface area contributed by atoms with Crippen LogP contribution in [0.25, 0.3) is 0 Å². The Bertz CT molecular complexity index is 415. The summed E-state index contributed by atoms with van der Waals surface area (Å²) in [4.78, 5) is 14.6.